The number of nitrogen functional groups attached to an aromatic ring is 1. The summed E-state index contributed by atoms with van der Waals surface area (Å²) in [7, 11) is 0. The fourth-order valence-electron chi connectivity index (χ4n) is 4.00. The van der Waals surface area contributed by atoms with Gasteiger partial charge in [0.05, 0.1) is 5.69 Å². The fourth-order valence-corrected chi connectivity index (χ4v) is 4.00. The second kappa shape index (κ2) is 5.71. The number of nitriles is 1. The summed E-state index contributed by atoms with van der Waals surface area (Å²) in [6, 6.07) is 18.9. The Bertz CT molecular complexity index is 1050. The summed E-state index contributed by atoms with van der Waals surface area (Å²) < 4.78 is 0. The van der Waals surface area contributed by atoms with Gasteiger partial charge >= 0.3 is 0 Å². The van der Waals surface area contributed by atoms with Crippen molar-refractivity contribution >= 4 is 5.82 Å². The summed E-state index contributed by atoms with van der Waals surface area (Å²) in [5.74, 6) is 0.302. The molecule has 0 radical (unpaired) electrons. The second-order valence-corrected chi connectivity index (χ2v) is 7.66. The highest BCUT2D eigenvalue weighted by Gasteiger charge is 2.34. The summed E-state index contributed by atoms with van der Waals surface area (Å²) >= 11 is 0. The smallest absolute Gasteiger partial charge is 0.142 e. The van der Waals surface area contributed by atoms with Gasteiger partial charge in [-0.05, 0) is 35.4 Å². The van der Waals surface area contributed by atoms with Gasteiger partial charge in [-0.1, -0.05) is 67.9 Å². The molecule has 0 atom stereocenters. The number of pyridine rings is 1. The van der Waals surface area contributed by atoms with Crippen molar-refractivity contribution in [1.82, 2.24) is 4.98 Å². The summed E-state index contributed by atoms with van der Waals surface area (Å²) in [4.78, 5) is 4.65. The van der Waals surface area contributed by atoms with Crippen LogP contribution in [0.2, 0.25) is 0 Å². The Morgan fingerprint density at radius 1 is 1.08 bits per heavy atom. The van der Waals surface area contributed by atoms with Gasteiger partial charge in [0, 0.05) is 11.1 Å². The lowest BCUT2D eigenvalue weighted by molar-refractivity contribution is 0.516. The minimum Gasteiger partial charge on any atom is -0.383 e. The predicted octanol–water partition coefficient (Wildman–Crippen LogP) is 5.01. The van der Waals surface area contributed by atoms with Gasteiger partial charge in [-0.3, -0.25) is 0 Å². The van der Waals surface area contributed by atoms with Crippen LogP contribution in [0, 0.1) is 18.3 Å². The molecule has 0 saturated heterocycles. The van der Waals surface area contributed by atoms with E-state index in [2.05, 4.69) is 74.3 Å². The number of aryl methyl sites for hydroxylation is 1. The maximum atomic E-state index is 9.77. The van der Waals surface area contributed by atoms with Gasteiger partial charge in [0.1, 0.15) is 17.5 Å². The first-order valence-corrected chi connectivity index (χ1v) is 8.82. The molecule has 0 saturated carbocycles. The molecule has 128 valence electrons. The molecular formula is C23H21N3. The predicted molar refractivity (Wildman–Crippen MR) is 106 cm³/mol. The third-order valence-electron chi connectivity index (χ3n) is 5.31. The molecule has 3 aromatic rings. The molecule has 3 heteroatoms. The lowest BCUT2D eigenvalue weighted by atomic mass is 9.69. The minimum atomic E-state index is -0.0342. The number of aromatic nitrogens is 1. The lowest BCUT2D eigenvalue weighted by Gasteiger charge is -2.35. The van der Waals surface area contributed by atoms with Gasteiger partial charge in [0.2, 0.25) is 0 Å². The van der Waals surface area contributed by atoms with E-state index in [0.29, 0.717) is 11.4 Å². The minimum absolute atomic E-state index is 0.0342. The highest BCUT2D eigenvalue weighted by atomic mass is 14.9. The van der Waals surface area contributed by atoms with E-state index in [1.807, 2.05) is 6.07 Å². The van der Waals surface area contributed by atoms with Gasteiger partial charge in [-0.2, -0.15) is 5.26 Å². The van der Waals surface area contributed by atoms with Gasteiger partial charge in [-0.15, -0.1) is 0 Å². The maximum Gasteiger partial charge on any atom is 0.142 e. The molecule has 0 fully saturated rings. The normalized spacial score (nSPS) is 14.2. The Hall–Kier alpha value is -3.12. The molecule has 26 heavy (non-hydrogen) atoms. The Kier molecular flexibility index (Phi) is 3.59. The molecule has 0 spiro atoms. The number of fused-ring (bicyclic) bond motifs is 3. The molecular weight excluding hydrogens is 318 g/mol. The number of rotatable bonds is 1. The molecule has 2 aromatic carbocycles. The van der Waals surface area contributed by atoms with Crippen LogP contribution < -0.4 is 5.73 Å². The number of hydrogen-bond acceptors (Lipinski definition) is 3. The topological polar surface area (TPSA) is 62.7 Å². The van der Waals surface area contributed by atoms with Crippen molar-refractivity contribution in [2.75, 3.05) is 5.73 Å². The number of benzene rings is 2. The number of hydrogen-bond donors (Lipinski definition) is 1. The molecule has 1 aromatic heterocycles. The average Bonchev–Trinajstić information content (AvgIpc) is 2.62. The van der Waals surface area contributed by atoms with Crippen LogP contribution >= 0.6 is 0 Å². The van der Waals surface area contributed by atoms with E-state index < -0.39 is 0 Å². The van der Waals surface area contributed by atoms with Crippen LogP contribution in [0.15, 0.2) is 48.5 Å². The van der Waals surface area contributed by atoms with Gasteiger partial charge in [0.15, 0.2) is 0 Å². The summed E-state index contributed by atoms with van der Waals surface area (Å²) in [6.45, 7) is 6.55. The van der Waals surface area contributed by atoms with Crippen molar-refractivity contribution in [1.29, 1.82) is 5.26 Å². The van der Waals surface area contributed by atoms with Crippen LogP contribution in [-0.4, -0.2) is 4.98 Å². The highest BCUT2D eigenvalue weighted by molar-refractivity contribution is 5.87. The molecule has 0 unspecified atom stereocenters. The van der Waals surface area contributed by atoms with E-state index in [-0.39, 0.29) is 5.41 Å². The Balaban J connectivity index is 2.10. The van der Waals surface area contributed by atoms with Crippen LogP contribution in [0.1, 0.15) is 36.1 Å². The molecule has 1 aliphatic rings. The molecule has 2 N–H and O–H groups in total. The third-order valence-corrected chi connectivity index (χ3v) is 5.31. The second-order valence-electron chi connectivity index (χ2n) is 7.66. The van der Waals surface area contributed by atoms with E-state index in [1.54, 1.807) is 0 Å². The molecule has 1 heterocycles. The first-order chi connectivity index (χ1) is 12.4. The Morgan fingerprint density at radius 2 is 1.77 bits per heavy atom. The zero-order valence-corrected chi connectivity index (χ0v) is 15.3. The Labute approximate surface area is 154 Å². The number of nitrogens with two attached hydrogens (primary N) is 1. The number of anilines is 1. The van der Waals surface area contributed by atoms with Gasteiger partial charge in [0.25, 0.3) is 0 Å². The van der Waals surface area contributed by atoms with E-state index in [0.717, 1.165) is 34.4 Å². The van der Waals surface area contributed by atoms with Crippen LogP contribution in [0.25, 0.3) is 22.4 Å². The van der Waals surface area contributed by atoms with Crippen molar-refractivity contribution in [3.05, 3.63) is 70.8 Å². The third kappa shape index (κ3) is 2.38. The zero-order chi connectivity index (χ0) is 18.5. The summed E-state index contributed by atoms with van der Waals surface area (Å²) in [5.41, 5.74) is 14.2. The van der Waals surface area contributed by atoms with E-state index >= 15 is 0 Å². The standard InChI is InChI=1S/C23H21N3/c1-14-8-10-15(11-9-14)20-17-12-23(2,3)19-7-5-4-6-16(19)21(17)26-22(25)18(20)13-24/h4-11H,12H2,1-3H3,(H2,25,26). The number of nitrogens with zero attached hydrogens (tertiary/aromatic N) is 2. The fraction of sp³-hybridized carbons (Fsp3) is 0.217. The summed E-state index contributed by atoms with van der Waals surface area (Å²) in [5, 5.41) is 9.77. The zero-order valence-electron chi connectivity index (χ0n) is 15.3. The molecule has 4 rings (SSSR count). The van der Waals surface area contributed by atoms with E-state index in [4.69, 9.17) is 5.73 Å². The van der Waals surface area contributed by atoms with Crippen LogP contribution in [0.5, 0.6) is 0 Å². The molecule has 0 aliphatic heterocycles. The van der Waals surface area contributed by atoms with Crippen molar-refractivity contribution in [3.63, 3.8) is 0 Å². The SMILES string of the molecule is Cc1ccc(-c2c(C#N)c(N)nc3c2CC(C)(C)c2ccccc2-3)cc1. The highest BCUT2D eigenvalue weighted by Crippen LogP contribution is 2.47. The molecule has 1 aliphatic carbocycles. The van der Waals surface area contributed by atoms with Crippen LogP contribution in [0.4, 0.5) is 5.82 Å². The van der Waals surface area contributed by atoms with Gasteiger partial charge in [-0.25, -0.2) is 4.98 Å². The monoisotopic (exact) mass is 339 g/mol. The molecule has 3 nitrogen and oxygen atoms in total. The van der Waals surface area contributed by atoms with Crippen molar-refractivity contribution in [2.24, 2.45) is 0 Å². The maximum absolute atomic E-state index is 9.77. The molecule has 0 bridgehead atoms. The first-order valence-electron chi connectivity index (χ1n) is 8.82. The van der Waals surface area contributed by atoms with Crippen LogP contribution in [-0.2, 0) is 11.8 Å². The average molecular weight is 339 g/mol. The molecule has 0 amide bonds. The quantitative estimate of drug-likeness (QED) is 0.677. The van der Waals surface area contributed by atoms with Crippen molar-refractivity contribution in [2.45, 2.75) is 32.6 Å². The largest absolute Gasteiger partial charge is 0.383 e. The summed E-state index contributed by atoms with van der Waals surface area (Å²) in [6.07, 6.45) is 0.824. The van der Waals surface area contributed by atoms with E-state index in [1.165, 1.54) is 11.1 Å². The van der Waals surface area contributed by atoms with Gasteiger partial charge < -0.3 is 5.73 Å². The van der Waals surface area contributed by atoms with E-state index in [9.17, 15) is 5.26 Å². The Morgan fingerprint density at radius 3 is 2.46 bits per heavy atom. The lowest BCUT2D eigenvalue weighted by Crippen LogP contribution is -2.27. The first kappa shape index (κ1) is 16.4. The van der Waals surface area contributed by atoms with Crippen molar-refractivity contribution in [3.8, 4) is 28.5 Å². The van der Waals surface area contributed by atoms with Crippen LogP contribution in [0.3, 0.4) is 0 Å². The van der Waals surface area contributed by atoms with Crippen molar-refractivity contribution < 1.29 is 0 Å².